The zero-order valence-electron chi connectivity index (χ0n) is 15.2. The summed E-state index contributed by atoms with van der Waals surface area (Å²) in [4.78, 5) is 12.1. The Morgan fingerprint density at radius 2 is 1.89 bits per heavy atom. The van der Waals surface area contributed by atoms with Crippen molar-refractivity contribution in [2.45, 2.75) is 31.2 Å². The van der Waals surface area contributed by atoms with E-state index in [1.165, 1.54) is 25.1 Å². The summed E-state index contributed by atoms with van der Waals surface area (Å²) in [5.41, 5.74) is 1.09. The lowest BCUT2D eigenvalue weighted by molar-refractivity contribution is -0.122. The van der Waals surface area contributed by atoms with Crippen molar-refractivity contribution in [1.29, 1.82) is 0 Å². The number of carbonyl (C=O) groups excluding carboxylic acids is 1. The molecule has 0 unspecified atom stereocenters. The summed E-state index contributed by atoms with van der Waals surface area (Å²) >= 11 is 6.04. The third kappa shape index (κ3) is 6.23. The van der Waals surface area contributed by atoms with E-state index in [-0.39, 0.29) is 9.92 Å². The van der Waals surface area contributed by atoms with Crippen LogP contribution in [0.2, 0.25) is 5.02 Å². The lowest BCUT2D eigenvalue weighted by Crippen LogP contribution is -2.45. The molecule has 0 aliphatic heterocycles. The molecule has 8 heteroatoms. The van der Waals surface area contributed by atoms with Gasteiger partial charge in [-0.1, -0.05) is 41.9 Å². The average Bonchev–Trinajstić information content (AvgIpc) is 2.64. The standard InChI is InChI=1S/C19H23ClN2O4S/c1-3-26-18-10-9-16(13-17(18)20)27(24,25)22-14(2)19(23)21-12-11-15-7-5-4-6-8-15/h4-10,13-14,22H,3,11-12H2,1-2H3,(H,21,23)/t14-/m0/s1. The SMILES string of the molecule is CCOc1ccc(S(=O)(=O)N[C@@H](C)C(=O)NCCc2ccccc2)cc1Cl. The Labute approximate surface area is 164 Å². The Kier molecular flexibility index (Phi) is 7.65. The minimum atomic E-state index is -3.89. The predicted molar refractivity (Wildman–Crippen MR) is 106 cm³/mol. The van der Waals surface area contributed by atoms with E-state index in [1.807, 2.05) is 30.3 Å². The monoisotopic (exact) mass is 410 g/mol. The van der Waals surface area contributed by atoms with Crippen molar-refractivity contribution in [1.82, 2.24) is 10.0 Å². The van der Waals surface area contributed by atoms with Crippen LogP contribution in [0, 0.1) is 0 Å². The highest BCUT2D eigenvalue weighted by Gasteiger charge is 2.22. The number of amides is 1. The summed E-state index contributed by atoms with van der Waals surface area (Å²) in [5.74, 6) is 0.0105. The minimum Gasteiger partial charge on any atom is -0.492 e. The maximum Gasteiger partial charge on any atom is 0.241 e. The third-order valence-corrected chi connectivity index (χ3v) is 5.63. The fourth-order valence-electron chi connectivity index (χ4n) is 2.40. The highest BCUT2D eigenvalue weighted by atomic mass is 35.5. The number of rotatable bonds is 9. The first-order chi connectivity index (χ1) is 12.8. The summed E-state index contributed by atoms with van der Waals surface area (Å²) in [6.45, 7) is 4.14. The molecule has 2 N–H and O–H groups in total. The van der Waals surface area contributed by atoms with Gasteiger partial charge in [0.1, 0.15) is 5.75 Å². The Bertz CT molecular complexity index is 873. The van der Waals surface area contributed by atoms with Crippen molar-refractivity contribution in [3.63, 3.8) is 0 Å². The summed E-state index contributed by atoms with van der Waals surface area (Å²) < 4.78 is 32.6. The average molecular weight is 411 g/mol. The van der Waals surface area contributed by atoms with E-state index in [2.05, 4.69) is 10.0 Å². The first-order valence-corrected chi connectivity index (χ1v) is 10.5. The second-order valence-corrected chi connectivity index (χ2v) is 8.02. The van der Waals surface area contributed by atoms with Gasteiger partial charge in [-0.25, -0.2) is 8.42 Å². The predicted octanol–water partition coefficient (Wildman–Crippen LogP) is 2.76. The smallest absolute Gasteiger partial charge is 0.241 e. The number of halogens is 1. The molecule has 146 valence electrons. The van der Waals surface area contributed by atoms with Crippen molar-refractivity contribution in [2.24, 2.45) is 0 Å². The molecule has 0 aliphatic carbocycles. The number of hydrogen-bond donors (Lipinski definition) is 2. The highest BCUT2D eigenvalue weighted by molar-refractivity contribution is 7.89. The fraction of sp³-hybridized carbons (Fsp3) is 0.316. The van der Waals surface area contributed by atoms with Crippen LogP contribution in [0.4, 0.5) is 0 Å². The van der Waals surface area contributed by atoms with Crippen LogP contribution in [0.5, 0.6) is 5.75 Å². The Balaban J connectivity index is 1.93. The second-order valence-electron chi connectivity index (χ2n) is 5.89. The second kappa shape index (κ2) is 9.73. The molecule has 0 saturated heterocycles. The summed E-state index contributed by atoms with van der Waals surface area (Å²) in [7, 11) is -3.89. The zero-order chi connectivity index (χ0) is 19.9. The van der Waals surface area contributed by atoms with Crippen LogP contribution >= 0.6 is 11.6 Å². The van der Waals surface area contributed by atoms with Gasteiger partial charge < -0.3 is 10.1 Å². The lowest BCUT2D eigenvalue weighted by Gasteiger charge is -2.15. The number of ether oxygens (including phenoxy) is 1. The van der Waals surface area contributed by atoms with Crippen LogP contribution in [0.1, 0.15) is 19.4 Å². The summed E-state index contributed by atoms with van der Waals surface area (Å²) in [6, 6.07) is 13.0. The molecule has 2 aromatic carbocycles. The normalized spacial score (nSPS) is 12.4. The molecule has 1 atom stereocenters. The molecular weight excluding hydrogens is 388 g/mol. The molecule has 0 bridgehead atoms. The Morgan fingerprint density at radius 1 is 1.19 bits per heavy atom. The molecule has 0 spiro atoms. The van der Waals surface area contributed by atoms with Crippen molar-refractivity contribution < 1.29 is 17.9 Å². The van der Waals surface area contributed by atoms with Crippen LogP contribution in [0.25, 0.3) is 0 Å². The van der Waals surface area contributed by atoms with E-state index < -0.39 is 22.0 Å². The molecule has 0 fully saturated rings. The van der Waals surface area contributed by atoms with Gasteiger partial charge in [0.2, 0.25) is 15.9 Å². The van der Waals surface area contributed by atoms with E-state index in [0.29, 0.717) is 25.3 Å². The van der Waals surface area contributed by atoms with Crippen molar-refractivity contribution in [2.75, 3.05) is 13.2 Å². The van der Waals surface area contributed by atoms with Crippen molar-refractivity contribution >= 4 is 27.5 Å². The van der Waals surface area contributed by atoms with Crippen molar-refractivity contribution in [3.8, 4) is 5.75 Å². The zero-order valence-corrected chi connectivity index (χ0v) is 16.8. The molecule has 2 rings (SSSR count). The maximum absolute atomic E-state index is 12.5. The van der Waals surface area contributed by atoms with Crippen molar-refractivity contribution in [3.05, 3.63) is 59.1 Å². The summed E-state index contributed by atoms with van der Waals surface area (Å²) in [5, 5.41) is 2.92. The minimum absolute atomic E-state index is 0.0279. The van der Waals surface area contributed by atoms with Gasteiger partial charge in [-0.3, -0.25) is 4.79 Å². The van der Waals surface area contributed by atoms with E-state index >= 15 is 0 Å². The number of sulfonamides is 1. The van der Waals surface area contributed by atoms with Gasteiger partial charge in [0.15, 0.2) is 0 Å². The topological polar surface area (TPSA) is 84.5 Å². The molecule has 2 aromatic rings. The quantitative estimate of drug-likeness (QED) is 0.665. The number of carbonyl (C=O) groups is 1. The summed E-state index contributed by atoms with van der Waals surface area (Å²) in [6.07, 6.45) is 0.667. The number of nitrogens with one attached hydrogen (secondary N) is 2. The fourth-order valence-corrected chi connectivity index (χ4v) is 3.93. The van der Waals surface area contributed by atoms with Gasteiger partial charge >= 0.3 is 0 Å². The Morgan fingerprint density at radius 3 is 2.52 bits per heavy atom. The lowest BCUT2D eigenvalue weighted by atomic mass is 10.1. The molecule has 6 nitrogen and oxygen atoms in total. The number of hydrogen-bond acceptors (Lipinski definition) is 4. The van der Waals surface area contributed by atoms with Gasteiger partial charge in [0, 0.05) is 6.54 Å². The molecule has 0 saturated carbocycles. The van der Waals surface area contributed by atoms with E-state index in [1.54, 1.807) is 6.92 Å². The maximum atomic E-state index is 12.5. The molecule has 27 heavy (non-hydrogen) atoms. The molecule has 0 heterocycles. The van der Waals surface area contributed by atoms with Crippen LogP contribution in [0.15, 0.2) is 53.4 Å². The van der Waals surface area contributed by atoms with E-state index in [4.69, 9.17) is 16.3 Å². The first kappa shape index (κ1) is 21.2. The van der Waals surface area contributed by atoms with Gasteiger partial charge in [-0.05, 0) is 44.0 Å². The van der Waals surface area contributed by atoms with E-state index in [9.17, 15) is 13.2 Å². The molecular formula is C19H23ClN2O4S. The van der Waals surface area contributed by atoms with Gasteiger partial charge in [-0.15, -0.1) is 0 Å². The third-order valence-electron chi connectivity index (χ3n) is 3.79. The van der Waals surface area contributed by atoms with Gasteiger partial charge in [0.05, 0.1) is 22.6 Å². The van der Waals surface area contributed by atoms with Crippen LogP contribution in [-0.4, -0.2) is 33.5 Å². The molecule has 0 aromatic heterocycles. The molecule has 0 radical (unpaired) electrons. The van der Waals surface area contributed by atoms with Gasteiger partial charge in [0.25, 0.3) is 0 Å². The van der Waals surface area contributed by atoms with E-state index in [0.717, 1.165) is 5.56 Å². The van der Waals surface area contributed by atoms with Crippen LogP contribution in [0.3, 0.4) is 0 Å². The molecule has 1 amide bonds. The van der Waals surface area contributed by atoms with Crippen LogP contribution in [-0.2, 0) is 21.2 Å². The van der Waals surface area contributed by atoms with Crippen LogP contribution < -0.4 is 14.8 Å². The largest absolute Gasteiger partial charge is 0.492 e. The van der Waals surface area contributed by atoms with Gasteiger partial charge in [-0.2, -0.15) is 4.72 Å². The first-order valence-electron chi connectivity index (χ1n) is 8.60. The molecule has 0 aliphatic rings. The highest BCUT2D eigenvalue weighted by Crippen LogP contribution is 2.27. The Hall–Kier alpha value is -2.09. The number of benzene rings is 2.